The van der Waals surface area contributed by atoms with E-state index in [9.17, 15) is 14.0 Å². The standard InChI is InChI=1S/C20H21FN4O3/c1-2-28-13-7-12-25-18(14-8-3-5-10-16(14)23-20(25)27)24-19(26)22-17-11-6-4-9-15(17)21/h3-6,8-11,14H,2,7,12-13H2,1H3,(H,22,26)/b24-18-. The number of halogens is 1. The van der Waals surface area contributed by atoms with Crippen molar-refractivity contribution in [1.29, 1.82) is 0 Å². The van der Waals surface area contributed by atoms with E-state index >= 15 is 0 Å². The van der Waals surface area contributed by atoms with E-state index in [2.05, 4.69) is 15.3 Å². The Morgan fingerprint density at radius 1 is 1.36 bits per heavy atom. The lowest BCUT2D eigenvalue weighted by Gasteiger charge is -2.31. The zero-order valence-electron chi connectivity index (χ0n) is 15.5. The van der Waals surface area contributed by atoms with Gasteiger partial charge < -0.3 is 10.1 Å². The molecule has 1 N–H and O–H groups in total. The molecule has 1 aromatic carbocycles. The molecule has 0 aromatic heterocycles. The highest BCUT2D eigenvalue weighted by molar-refractivity contribution is 6.24. The average molecular weight is 384 g/mol. The van der Waals surface area contributed by atoms with E-state index in [1.54, 1.807) is 18.2 Å². The van der Waals surface area contributed by atoms with Crippen molar-refractivity contribution in [3.8, 4) is 0 Å². The molecule has 0 saturated heterocycles. The maximum absolute atomic E-state index is 13.8. The fourth-order valence-corrected chi connectivity index (χ4v) is 2.91. The third kappa shape index (κ3) is 4.58. The summed E-state index contributed by atoms with van der Waals surface area (Å²) in [5.74, 6) is -0.714. The maximum atomic E-state index is 13.8. The molecule has 1 aliphatic heterocycles. The Labute approximate surface area is 162 Å². The number of anilines is 1. The number of nitrogens with one attached hydrogen (secondary N) is 1. The van der Waals surface area contributed by atoms with Crippen molar-refractivity contribution >= 4 is 29.3 Å². The summed E-state index contributed by atoms with van der Waals surface area (Å²) in [6, 6.07) is 4.57. The van der Waals surface area contributed by atoms with Gasteiger partial charge in [0.15, 0.2) is 0 Å². The van der Waals surface area contributed by atoms with Crippen LogP contribution in [0.15, 0.2) is 58.6 Å². The number of hydrogen-bond donors (Lipinski definition) is 1. The summed E-state index contributed by atoms with van der Waals surface area (Å²) in [7, 11) is 0. The Bertz CT molecular complexity index is 876. The molecule has 1 aliphatic carbocycles. The van der Waals surface area contributed by atoms with Gasteiger partial charge in [0.2, 0.25) is 0 Å². The second-order valence-electron chi connectivity index (χ2n) is 6.12. The van der Waals surface area contributed by atoms with Crippen molar-refractivity contribution in [3.05, 3.63) is 54.4 Å². The maximum Gasteiger partial charge on any atom is 0.349 e. The van der Waals surface area contributed by atoms with Crippen molar-refractivity contribution in [1.82, 2.24) is 4.90 Å². The Morgan fingerprint density at radius 2 is 2.18 bits per heavy atom. The Hall–Kier alpha value is -3.13. The molecular weight excluding hydrogens is 363 g/mol. The molecule has 7 nitrogen and oxygen atoms in total. The van der Waals surface area contributed by atoms with E-state index in [-0.39, 0.29) is 11.5 Å². The second kappa shape index (κ2) is 9.18. The van der Waals surface area contributed by atoms with Crippen LogP contribution in [0, 0.1) is 11.7 Å². The number of fused-ring (bicyclic) bond motifs is 1. The van der Waals surface area contributed by atoms with Crippen LogP contribution in [-0.2, 0) is 4.74 Å². The molecule has 0 radical (unpaired) electrons. The van der Waals surface area contributed by atoms with Gasteiger partial charge in [0, 0.05) is 19.8 Å². The lowest BCUT2D eigenvalue weighted by atomic mass is 9.94. The summed E-state index contributed by atoms with van der Waals surface area (Å²) < 4.78 is 19.1. The first kappa shape index (κ1) is 19.6. The summed E-state index contributed by atoms with van der Waals surface area (Å²) in [5.41, 5.74) is 0.542. The van der Waals surface area contributed by atoms with E-state index in [4.69, 9.17) is 4.74 Å². The fourth-order valence-electron chi connectivity index (χ4n) is 2.91. The Kier molecular flexibility index (Phi) is 6.44. The van der Waals surface area contributed by atoms with Crippen molar-refractivity contribution in [2.75, 3.05) is 25.1 Å². The molecule has 2 aliphatic rings. The summed E-state index contributed by atoms with van der Waals surface area (Å²) in [6.07, 6.45) is 7.68. The highest BCUT2D eigenvalue weighted by Crippen LogP contribution is 2.22. The molecule has 1 heterocycles. The number of allylic oxidation sites excluding steroid dienone is 3. The van der Waals surface area contributed by atoms with Crippen LogP contribution in [0.2, 0.25) is 0 Å². The fraction of sp³-hybridized carbons (Fsp3) is 0.300. The molecule has 4 amide bonds. The van der Waals surface area contributed by atoms with Gasteiger partial charge in [-0.3, -0.25) is 4.90 Å². The van der Waals surface area contributed by atoms with E-state index in [1.807, 2.05) is 19.1 Å². The number of carbonyl (C=O) groups excluding carboxylic acids is 2. The van der Waals surface area contributed by atoms with Crippen LogP contribution < -0.4 is 5.32 Å². The minimum absolute atomic E-state index is 0.0230. The topological polar surface area (TPSA) is 83.4 Å². The first-order valence-electron chi connectivity index (χ1n) is 9.07. The van der Waals surface area contributed by atoms with Crippen molar-refractivity contribution < 1.29 is 18.7 Å². The zero-order chi connectivity index (χ0) is 19.9. The van der Waals surface area contributed by atoms with Crippen LogP contribution in [-0.4, -0.2) is 48.3 Å². The predicted octanol–water partition coefficient (Wildman–Crippen LogP) is 3.80. The third-order valence-electron chi connectivity index (χ3n) is 4.22. The number of nitrogens with zero attached hydrogens (tertiary/aromatic N) is 3. The molecule has 8 heteroatoms. The highest BCUT2D eigenvalue weighted by atomic mass is 19.1. The molecule has 1 aromatic rings. The molecular formula is C20H21FN4O3. The van der Waals surface area contributed by atoms with Crippen molar-refractivity contribution in [2.24, 2.45) is 15.9 Å². The summed E-state index contributed by atoms with van der Waals surface area (Å²) in [5, 5.41) is 2.42. The molecule has 0 spiro atoms. The van der Waals surface area contributed by atoms with Crippen LogP contribution in [0.25, 0.3) is 0 Å². The van der Waals surface area contributed by atoms with Gasteiger partial charge in [0.05, 0.1) is 17.3 Å². The van der Waals surface area contributed by atoms with Crippen LogP contribution in [0.1, 0.15) is 13.3 Å². The number of aliphatic imine (C=N–C) groups is 2. The number of carbonyl (C=O) groups is 2. The number of para-hydroxylation sites is 1. The lowest BCUT2D eigenvalue weighted by molar-refractivity contribution is 0.140. The quantitative estimate of drug-likeness (QED) is 0.757. The largest absolute Gasteiger partial charge is 0.382 e. The second-order valence-corrected chi connectivity index (χ2v) is 6.12. The Morgan fingerprint density at radius 3 is 2.96 bits per heavy atom. The monoisotopic (exact) mass is 384 g/mol. The minimum Gasteiger partial charge on any atom is -0.382 e. The number of ether oxygens (including phenoxy) is 1. The zero-order valence-corrected chi connectivity index (χ0v) is 15.5. The lowest BCUT2D eigenvalue weighted by Crippen LogP contribution is -2.47. The van der Waals surface area contributed by atoms with Gasteiger partial charge in [0.1, 0.15) is 11.7 Å². The molecule has 0 bridgehead atoms. The van der Waals surface area contributed by atoms with E-state index < -0.39 is 23.8 Å². The van der Waals surface area contributed by atoms with E-state index in [0.29, 0.717) is 31.9 Å². The minimum atomic E-state index is -0.757. The van der Waals surface area contributed by atoms with E-state index in [0.717, 1.165) is 0 Å². The van der Waals surface area contributed by atoms with Gasteiger partial charge in [-0.25, -0.2) is 14.0 Å². The van der Waals surface area contributed by atoms with Crippen LogP contribution >= 0.6 is 0 Å². The van der Waals surface area contributed by atoms with Gasteiger partial charge in [-0.1, -0.05) is 30.4 Å². The summed E-state index contributed by atoms with van der Waals surface area (Å²) in [4.78, 5) is 34.5. The normalized spacial score (nSPS) is 19.6. The third-order valence-corrected chi connectivity index (χ3v) is 4.22. The molecule has 28 heavy (non-hydrogen) atoms. The first-order valence-corrected chi connectivity index (χ1v) is 9.07. The molecule has 0 fully saturated rings. The smallest absolute Gasteiger partial charge is 0.349 e. The van der Waals surface area contributed by atoms with Crippen LogP contribution in [0.4, 0.5) is 19.7 Å². The molecule has 1 atom stereocenters. The van der Waals surface area contributed by atoms with Gasteiger partial charge in [-0.2, -0.15) is 9.98 Å². The summed E-state index contributed by atoms with van der Waals surface area (Å²) in [6.45, 7) is 3.27. The number of rotatable bonds is 6. The van der Waals surface area contributed by atoms with Gasteiger partial charge in [-0.05, 0) is 31.6 Å². The van der Waals surface area contributed by atoms with E-state index in [1.165, 1.54) is 23.1 Å². The van der Waals surface area contributed by atoms with Crippen LogP contribution in [0.5, 0.6) is 0 Å². The molecule has 3 rings (SSSR count). The number of urea groups is 2. The number of amidine groups is 1. The SMILES string of the molecule is CCOCCCN1C(=O)N=C2C=CC=CC2/C1=N/C(=O)Nc1ccccc1F. The van der Waals surface area contributed by atoms with Gasteiger partial charge in [0.25, 0.3) is 0 Å². The Balaban J connectivity index is 1.84. The highest BCUT2D eigenvalue weighted by Gasteiger charge is 2.34. The molecule has 1 unspecified atom stereocenters. The summed E-state index contributed by atoms with van der Waals surface area (Å²) >= 11 is 0. The van der Waals surface area contributed by atoms with Gasteiger partial charge >= 0.3 is 12.1 Å². The van der Waals surface area contributed by atoms with Crippen molar-refractivity contribution in [3.63, 3.8) is 0 Å². The predicted molar refractivity (Wildman–Crippen MR) is 105 cm³/mol. The van der Waals surface area contributed by atoms with Gasteiger partial charge in [-0.15, -0.1) is 0 Å². The number of amides is 4. The first-order chi connectivity index (χ1) is 13.6. The number of hydrogen-bond acceptors (Lipinski definition) is 3. The molecule has 0 saturated carbocycles. The molecule has 146 valence electrons. The van der Waals surface area contributed by atoms with Crippen LogP contribution in [0.3, 0.4) is 0 Å². The number of benzene rings is 1. The average Bonchev–Trinajstić information content (AvgIpc) is 2.68. The van der Waals surface area contributed by atoms with Crippen molar-refractivity contribution in [2.45, 2.75) is 13.3 Å².